The summed E-state index contributed by atoms with van der Waals surface area (Å²) in [7, 11) is 0. The van der Waals surface area contributed by atoms with Gasteiger partial charge >= 0.3 is 5.97 Å². The van der Waals surface area contributed by atoms with Crippen molar-refractivity contribution in [3.8, 4) is 16.9 Å². The van der Waals surface area contributed by atoms with Crippen LogP contribution in [0.25, 0.3) is 11.1 Å². The van der Waals surface area contributed by atoms with Crippen molar-refractivity contribution in [2.75, 3.05) is 0 Å². The summed E-state index contributed by atoms with van der Waals surface area (Å²) < 4.78 is 5.58. The lowest BCUT2D eigenvalue weighted by molar-refractivity contribution is 0.0734. The fourth-order valence-corrected chi connectivity index (χ4v) is 4.38. The van der Waals surface area contributed by atoms with Crippen LogP contribution in [0.5, 0.6) is 5.75 Å². The smallest absolute Gasteiger partial charge is 0.343 e. The third-order valence-electron chi connectivity index (χ3n) is 6.68. The van der Waals surface area contributed by atoms with Crippen LogP contribution in [-0.2, 0) is 12.8 Å². The minimum absolute atomic E-state index is 0.321. The summed E-state index contributed by atoms with van der Waals surface area (Å²) in [6.45, 7) is 6.77. The molecule has 0 saturated heterocycles. The number of rotatable bonds is 13. The minimum Gasteiger partial charge on any atom is -0.423 e. The minimum atomic E-state index is -0.321. The molecule has 0 radical (unpaired) electrons. The first-order chi connectivity index (χ1) is 16.6. The van der Waals surface area contributed by atoms with E-state index in [0.717, 1.165) is 24.3 Å². The highest BCUT2D eigenvalue weighted by Gasteiger charge is 2.10. The summed E-state index contributed by atoms with van der Waals surface area (Å²) >= 11 is 0. The van der Waals surface area contributed by atoms with Gasteiger partial charge in [-0.1, -0.05) is 108 Å². The van der Waals surface area contributed by atoms with E-state index in [4.69, 9.17) is 4.74 Å². The molecule has 0 aliphatic rings. The van der Waals surface area contributed by atoms with Gasteiger partial charge in [0, 0.05) is 0 Å². The molecule has 0 saturated carbocycles. The van der Waals surface area contributed by atoms with E-state index in [1.165, 1.54) is 61.6 Å². The molecule has 0 aliphatic carbocycles. The first-order valence-electron chi connectivity index (χ1n) is 13.1. The number of benzene rings is 3. The zero-order valence-electron chi connectivity index (χ0n) is 21.2. The summed E-state index contributed by atoms with van der Waals surface area (Å²) in [5.74, 6) is 1.04. The molecule has 0 bridgehead atoms. The Morgan fingerprint density at radius 2 is 1.29 bits per heavy atom. The van der Waals surface area contributed by atoms with Gasteiger partial charge in [0.15, 0.2) is 0 Å². The van der Waals surface area contributed by atoms with E-state index in [1.807, 2.05) is 36.4 Å². The number of carbonyl (C=O) groups is 1. The number of unbranched alkanes of at least 4 members (excludes halogenated alkanes) is 3. The second kappa shape index (κ2) is 13.7. The van der Waals surface area contributed by atoms with Crippen LogP contribution in [0.15, 0.2) is 72.8 Å². The standard InChI is InChI=1S/C32H40O2/c1-4-7-9-11-26-14-22-31(23-15-26)34-32(33)30-20-18-29(19-21-30)28-16-12-27(13-17-28)24-25(6-3)10-8-5-2/h12-23,25H,4-11,24H2,1-3H3. The Bertz CT molecular complexity index is 985. The van der Waals surface area contributed by atoms with Crippen LogP contribution in [0, 0.1) is 5.92 Å². The molecule has 0 N–H and O–H groups in total. The van der Waals surface area contributed by atoms with Crippen LogP contribution in [-0.4, -0.2) is 5.97 Å². The number of hydrogen-bond donors (Lipinski definition) is 0. The molecule has 3 aromatic rings. The van der Waals surface area contributed by atoms with Crippen molar-refractivity contribution in [3.63, 3.8) is 0 Å². The quantitative estimate of drug-likeness (QED) is 0.146. The molecule has 2 heteroatoms. The molecule has 0 amide bonds. The normalized spacial score (nSPS) is 11.9. The van der Waals surface area contributed by atoms with Crippen LogP contribution in [0.3, 0.4) is 0 Å². The molecule has 0 fully saturated rings. The second-order valence-corrected chi connectivity index (χ2v) is 9.39. The average molecular weight is 457 g/mol. The van der Waals surface area contributed by atoms with E-state index in [2.05, 4.69) is 57.2 Å². The van der Waals surface area contributed by atoms with E-state index in [1.54, 1.807) is 0 Å². The second-order valence-electron chi connectivity index (χ2n) is 9.39. The summed E-state index contributed by atoms with van der Waals surface area (Å²) in [5.41, 5.74) is 5.54. The van der Waals surface area contributed by atoms with Crippen molar-refractivity contribution >= 4 is 5.97 Å². The van der Waals surface area contributed by atoms with E-state index >= 15 is 0 Å². The van der Waals surface area contributed by atoms with Gasteiger partial charge < -0.3 is 4.74 Å². The monoisotopic (exact) mass is 456 g/mol. The van der Waals surface area contributed by atoms with E-state index < -0.39 is 0 Å². The van der Waals surface area contributed by atoms with Gasteiger partial charge in [-0.15, -0.1) is 0 Å². The molecule has 34 heavy (non-hydrogen) atoms. The lowest BCUT2D eigenvalue weighted by atomic mass is 9.91. The average Bonchev–Trinajstić information content (AvgIpc) is 2.88. The Labute approximate surface area is 206 Å². The number of ether oxygens (including phenoxy) is 1. The van der Waals surface area contributed by atoms with E-state index in [9.17, 15) is 4.79 Å². The van der Waals surface area contributed by atoms with Crippen molar-refractivity contribution in [1.29, 1.82) is 0 Å². The largest absolute Gasteiger partial charge is 0.423 e. The molecule has 0 aromatic heterocycles. The Balaban J connectivity index is 1.56. The van der Waals surface area contributed by atoms with Gasteiger partial charge in [-0.25, -0.2) is 4.79 Å². The molecule has 180 valence electrons. The van der Waals surface area contributed by atoms with Crippen molar-refractivity contribution in [3.05, 3.63) is 89.5 Å². The Kier molecular flexibility index (Phi) is 10.4. The summed E-state index contributed by atoms with van der Waals surface area (Å²) in [4.78, 5) is 12.6. The lowest BCUT2D eigenvalue weighted by Crippen LogP contribution is -2.08. The molecule has 0 spiro atoms. The molecule has 3 aromatic carbocycles. The third kappa shape index (κ3) is 7.87. The van der Waals surface area contributed by atoms with Crippen LogP contribution in [0.2, 0.25) is 0 Å². The van der Waals surface area contributed by atoms with Gasteiger partial charge in [-0.3, -0.25) is 0 Å². The first kappa shape index (κ1) is 25.7. The van der Waals surface area contributed by atoms with Gasteiger partial charge in [-0.2, -0.15) is 0 Å². The summed E-state index contributed by atoms with van der Waals surface area (Å²) in [6.07, 6.45) is 11.0. The third-order valence-corrected chi connectivity index (χ3v) is 6.68. The van der Waals surface area contributed by atoms with Crippen LogP contribution >= 0.6 is 0 Å². The van der Waals surface area contributed by atoms with Crippen molar-refractivity contribution in [2.45, 2.75) is 78.6 Å². The van der Waals surface area contributed by atoms with E-state index in [0.29, 0.717) is 11.3 Å². The molecule has 0 aliphatic heterocycles. The fourth-order valence-electron chi connectivity index (χ4n) is 4.38. The molecule has 1 unspecified atom stereocenters. The molecule has 3 rings (SSSR count). The molecule has 0 heterocycles. The zero-order valence-corrected chi connectivity index (χ0v) is 21.2. The van der Waals surface area contributed by atoms with Crippen LogP contribution < -0.4 is 4.74 Å². The maximum atomic E-state index is 12.6. The van der Waals surface area contributed by atoms with Gasteiger partial charge in [-0.05, 0) is 71.7 Å². The summed E-state index contributed by atoms with van der Waals surface area (Å²) in [5, 5.41) is 0. The molecule has 2 nitrogen and oxygen atoms in total. The maximum Gasteiger partial charge on any atom is 0.343 e. The van der Waals surface area contributed by atoms with Crippen molar-refractivity contribution in [2.24, 2.45) is 5.92 Å². The highest BCUT2D eigenvalue weighted by molar-refractivity contribution is 5.91. The molecular weight excluding hydrogens is 416 g/mol. The Morgan fingerprint density at radius 1 is 0.706 bits per heavy atom. The van der Waals surface area contributed by atoms with Gasteiger partial charge in [0.1, 0.15) is 5.75 Å². The van der Waals surface area contributed by atoms with Gasteiger partial charge in [0.25, 0.3) is 0 Å². The first-order valence-corrected chi connectivity index (χ1v) is 13.1. The number of esters is 1. The lowest BCUT2D eigenvalue weighted by Gasteiger charge is -2.14. The highest BCUT2D eigenvalue weighted by Crippen LogP contribution is 2.24. The highest BCUT2D eigenvalue weighted by atomic mass is 16.5. The SMILES string of the molecule is CCCCCc1ccc(OC(=O)c2ccc(-c3ccc(CC(CC)CCCC)cc3)cc2)cc1. The maximum absolute atomic E-state index is 12.6. The van der Waals surface area contributed by atoms with Crippen molar-refractivity contribution in [1.82, 2.24) is 0 Å². The van der Waals surface area contributed by atoms with E-state index in [-0.39, 0.29) is 5.97 Å². The number of aryl methyl sites for hydroxylation is 1. The zero-order chi connectivity index (χ0) is 24.2. The van der Waals surface area contributed by atoms with Gasteiger partial charge in [0.2, 0.25) is 0 Å². The predicted octanol–water partition coefficient (Wildman–Crippen LogP) is 9.06. The molecule has 1 atom stereocenters. The van der Waals surface area contributed by atoms with Crippen LogP contribution in [0.1, 0.15) is 87.2 Å². The fraction of sp³-hybridized carbons (Fsp3) is 0.406. The predicted molar refractivity (Wildman–Crippen MR) is 144 cm³/mol. The number of carbonyl (C=O) groups excluding carboxylic acids is 1. The number of hydrogen-bond acceptors (Lipinski definition) is 2. The molecular formula is C32H40O2. The van der Waals surface area contributed by atoms with Crippen LogP contribution in [0.4, 0.5) is 0 Å². The summed E-state index contributed by atoms with van der Waals surface area (Å²) in [6, 6.07) is 24.5. The Morgan fingerprint density at radius 3 is 1.88 bits per heavy atom. The van der Waals surface area contributed by atoms with Crippen molar-refractivity contribution < 1.29 is 9.53 Å². The topological polar surface area (TPSA) is 26.3 Å². The Hall–Kier alpha value is -2.87. The van der Waals surface area contributed by atoms with Gasteiger partial charge in [0.05, 0.1) is 5.56 Å².